The monoisotopic (exact) mass is 365 g/mol. The van der Waals surface area contributed by atoms with Gasteiger partial charge in [-0.3, -0.25) is 14.9 Å². The van der Waals surface area contributed by atoms with Crippen LogP contribution in [-0.2, 0) is 14.8 Å². The van der Waals surface area contributed by atoms with Crippen molar-refractivity contribution >= 4 is 37.5 Å². The first-order chi connectivity index (χ1) is 9.27. The summed E-state index contributed by atoms with van der Waals surface area (Å²) in [5, 5.41) is 13.2. The molecule has 0 saturated heterocycles. The predicted molar refractivity (Wildman–Crippen MR) is 74.7 cm³/mol. The van der Waals surface area contributed by atoms with Crippen LogP contribution in [0.1, 0.15) is 6.92 Å². The third-order valence-electron chi connectivity index (χ3n) is 2.20. The van der Waals surface area contributed by atoms with Crippen molar-refractivity contribution in [3.8, 4) is 0 Å². The molecule has 1 aromatic rings. The fraction of sp³-hybridized carbons (Fsp3) is 0.300. The lowest BCUT2D eigenvalue weighted by atomic mass is 10.3. The second-order valence-electron chi connectivity index (χ2n) is 3.65. The predicted octanol–water partition coefficient (Wildman–Crippen LogP) is 0.772. The first-order valence-electron chi connectivity index (χ1n) is 5.48. The molecule has 8 nitrogen and oxygen atoms in total. The number of rotatable bonds is 6. The van der Waals surface area contributed by atoms with E-state index < -0.39 is 38.0 Å². The summed E-state index contributed by atoms with van der Waals surface area (Å²) in [7, 11) is -4.15. The molecule has 0 heterocycles. The molecule has 0 aliphatic rings. The highest BCUT2D eigenvalue weighted by molar-refractivity contribution is 9.10. The van der Waals surface area contributed by atoms with Crippen LogP contribution in [0.2, 0.25) is 0 Å². The van der Waals surface area contributed by atoms with Gasteiger partial charge in [0.2, 0.25) is 15.9 Å². The molecule has 110 valence electrons. The number of nitro groups is 1. The zero-order chi connectivity index (χ0) is 15.3. The van der Waals surface area contributed by atoms with Crippen LogP contribution >= 0.6 is 15.9 Å². The minimum Gasteiger partial charge on any atom is -0.355 e. The molecule has 0 aliphatic heterocycles. The highest BCUT2D eigenvalue weighted by Gasteiger charge is 2.26. The van der Waals surface area contributed by atoms with Gasteiger partial charge in [-0.2, -0.15) is 0 Å². The van der Waals surface area contributed by atoms with Crippen LogP contribution in [0, 0.1) is 10.1 Å². The Morgan fingerprint density at radius 1 is 1.45 bits per heavy atom. The van der Waals surface area contributed by atoms with Gasteiger partial charge in [0.15, 0.2) is 4.90 Å². The summed E-state index contributed by atoms with van der Waals surface area (Å²) in [6, 6.07) is 3.55. The molecule has 1 amide bonds. The summed E-state index contributed by atoms with van der Waals surface area (Å²) < 4.78 is 26.4. The molecule has 10 heteroatoms. The van der Waals surface area contributed by atoms with Crippen molar-refractivity contribution in [2.45, 2.75) is 11.8 Å². The van der Waals surface area contributed by atoms with E-state index in [-0.39, 0.29) is 0 Å². The van der Waals surface area contributed by atoms with Crippen molar-refractivity contribution in [3.05, 3.63) is 32.8 Å². The van der Waals surface area contributed by atoms with Gasteiger partial charge in [0.25, 0.3) is 5.69 Å². The Hall–Kier alpha value is -1.52. The van der Waals surface area contributed by atoms with E-state index in [9.17, 15) is 23.3 Å². The lowest BCUT2D eigenvalue weighted by Crippen LogP contribution is -2.36. The quantitative estimate of drug-likeness (QED) is 0.570. The Balaban J connectivity index is 3.06. The number of nitrogens with zero attached hydrogens (tertiary/aromatic N) is 1. The molecular formula is C10H12BrN3O5S. The van der Waals surface area contributed by atoms with Gasteiger partial charge in [0.1, 0.15) is 0 Å². The van der Waals surface area contributed by atoms with Gasteiger partial charge in [-0.1, -0.05) is 15.9 Å². The molecule has 1 rings (SSSR count). The molecule has 0 saturated carbocycles. The van der Waals surface area contributed by atoms with Gasteiger partial charge in [-0.15, -0.1) is 0 Å². The number of carbonyl (C=O) groups is 1. The molecular weight excluding hydrogens is 354 g/mol. The Bertz CT molecular complexity index is 632. The van der Waals surface area contributed by atoms with Gasteiger partial charge >= 0.3 is 0 Å². The average molecular weight is 366 g/mol. The summed E-state index contributed by atoms with van der Waals surface area (Å²) >= 11 is 3.05. The molecule has 0 aromatic heterocycles. The number of halogens is 1. The molecule has 0 radical (unpaired) electrons. The average Bonchev–Trinajstić information content (AvgIpc) is 2.36. The number of nitro benzene ring substituents is 1. The zero-order valence-corrected chi connectivity index (χ0v) is 12.8. The van der Waals surface area contributed by atoms with Crippen LogP contribution in [0.5, 0.6) is 0 Å². The number of nitrogens with one attached hydrogen (secondary N) is 2. The third kappa shape index (κ3) is 4.25. The van der Waals surface area contributed by atoms with Crippen molar-refractivity contribution in [2.75, 3.05) is 13.1 Å². The van der Waals surface area contributed by atoms with E-state index in [4.69, 9.17) is 0 Å². The summed E-state index contributed by atoms with van der Waals surface area (Å²) in [4.78, 5) is 20.8. The fourth-order valence-electron chi connectivity index (χ4n) is 1.35. The van der Waals surface area contributed by atoms with Gasteiger partial charge in [0.05, 0.1) is 11.5 Å². The van der Waals surface area contributed by atoms with E-state index >= 15 is 0 Å². The Morgan fingerprint density at radius 3 is 2.65 bits per heavy atom. The van der Waals surface area contributed by atoms with Crippen molar-refractivity contribution < 1.29 is 18.1 Å². The summed E-state index contributed by atoms with van der Waals surface area (Å²) in [6.07, 6.45) is 0. The molecule has 1 aromatic carbocycles. The molecule has 0 spiro atoms. The van der Waals surface area contributed by atoms with Crippen molar-refractivity contribution in [1.29, 1.82) is 0 Å². The summed E-state index contributed by atoms with van der Waals surface area (Å²) in [6.45, 7) is 1.56. The van der Waals surface area contributed by atoms with Crippen molar-refractivity contribution in [3.63, 3.8) is 0 Å². The smallest absolute Gasteiger partial charge is 0.289 e. The Morgan fingerprint density at radius 2 is 2.10 bits per heavy atom. The lowest BCUT2D eigenvalue weighted by molar-refractivity contribution is -0.387. The Kier molecular flexibility index (Phi) is 5.60. The number of sulfonamides is 1. The van der Waals surface area contributed by atoms with Gasteiger partial charge < -0.3 is 5.32 Å². The maximum absolute atomic E-state index is 12.0. The molecule has 0 atom stereocenters. The number of likely N-dealkylation sites (N-methyl/N-ethyl adjacent to an activating group) is 1. The summed E-state index contributed by atoms with van der Waals surface area (Å²) in [5.41, 5.74) is -0.559. The minimum absolute atomic E-state index is 0.359. The van der Waals surface area contributed by atoms with Gasteiger partial charge in [-0.05, 0) is 19.1 Å². The number of carbonyl (C=O) groups excluding carboxylic acids is 1. The molecule has 0 unspecified atom stereocenters. The van der Waals surface area contributed by atoms with Crippen LogP contribution in [0.15, 0.2) is 27.6 Å². The second kappa shape index (κ2) is 6.77. The van der Waals surface area contributed by atoms with Crippen molar-refractivity contribution in [2.24, 2.45) is 0 Å². The second-order valence-corrected chi connectivity index (χ2v) is 6.30. The highest BCUT2D eigenvalue weighted by Crippen LogP contribution is 2.26. The van der Waals surface area contributed by atoms with E-state index in [2.05, 4.69) is 21.2 Å². The lowest BCUT2D eigenvalue weighted by Gasteiger charge is -2.07. The van der Waals surface area contributed by atoms with Gasteiger partial charge in [-0.25, -0.2) is 13.1 Å². The van der Waals surface area contributed by atoms with Crippen LogP contribution in [0.4, 0.5) is 5.69 Å². The van der Waals surface area contributed by atoms with Crippen LogP contribution in [0.25, 0.3) is 0 Å². The fourth-order valence-corrected chi connectivity index (χ4v) is 3.04. The van der Waals surface area contributed by atoms with E-state index in [0.29, 0.717) is 11.0 Å². The normalized spacial score (nSPS) is 11.1. The van der Waals surface area contributed by atoms with E-state index in [0.717, 1.165) is 12.1 Å². The van der Waals surface area contributed by atoms with E-state index in [1.807, 2.05) is 4.72 Å². The minimum atomic E-state index is -4.15. The van der Waals surface area contributed by atoms with Crippen LogP contribution in [-0.4, -0.2) is 32.3 Å². The topological polar surface area (TPSA) is 118 Å². The molecule has 0 fully saturated rings. The third-order valence-corrected chi connectivity index (χ3v) is 4.13. The van der Waals surface area contributed by atoms with E-state index in [1.165, 1.54) is 6.07 Å². The highest BCUT2D eigenvalue weighted by atomic mass is 79.9. The van der Waals surface area contributed by atoms with Crippen molar-refractivity contribution in [1.82, 2.24) is 10.0 Å². The zero-order valence-electron chi connectivity index (χ0n) is 10.4. The first-order valence-corrected chi connectivity index (χ1v) is 7.76. The standard InChI is InChI=1S/C10H12BrN3O5S/c1-2-12-10(15)6-13-20(18,19)9-5-7(11)3-4-8(9)14(16)17/h3-5,13H,2,6H2,1H3,(H,12,15). The van der Waals surface area contributed by atoms with E-state index in [1.54, 1.807) is 6.92 Å². The van der Waals surface area contributed by atoms with Crippen LogP contribution in [0.3, 0.4) is 0 Å². The number of hydrogen-bond acceptors (Lipinski definition) is 5. The Labute approximate surface area is 123 Å². The molecule has 0 aliphatic carbocycles. The number of benzene rings is 1. The first kappa shape index (κ1) is 16.5. The maximum Gasteiger partial charge on any atom is 0.289 e. The van der Waals surface area contributed by atoms with Crippen LogP contribution < -0.4 is 10.0 Å². The van der Waals surface area contributed by atoms with Gasteiger partial charge in [0, 0.05) is 17.1 Å². The molecule has 2 N–H and O–H groups in total. The largest absolute Gasteiger partial charge is 0.355 e. The summed E-state index contributed by atoms with van der Waals surface area (Å²) in [5.74, 6) is -0.520. The number of hydrogen-bond donors (Lipinski definition) is 2. The SMILES string of the molecule is CCNC(=O)CNS(=O)(=O)c1cc(Br)ccc1[N+](=O)[O-]. The molecule has 20 heavy (non-hydrogen) atoms. The molecule has 0 bridgehead atoms. The number of amides is 1. The maximum atomic E-state index is 12.0.